The number of oxazole rings is 1. The molecule has 4 heteroatoms. The average molecular weight is 251 g/mol. The smallest absolute Gasteiger partial charge is 0.227 e. The highest BCUT2D eigenvalue weighted by Crippen LogP contribution is 2.26. The molecule has 1 aromatic heterocycles. The van der Waals surface area contributed by atoms with Crippen molar-refractivity contribution in [2.24, 2.45) is 0 Å². The number of benzene rings is 1. The summed E-state index contributed by atoms with van der Waals surface area (Å²) in [6, 6.07) is 7.53. The van der Waals surface area contributed by atoms with E-state index in [1.807, 2.05) is 24.3 Å². The molecule has 0 amide bonds. The zero-order valence-corrected chi connectivity index (χ0v) is 10.5. The summed E-state index contributed by atoms with van der Waals surface area (Å²) in [6.45, 7) is 3.83. The fourth-order valence-corrected chi connectivity index (χ4v) is 1.76. The van der Waals surface area contributed by atoms with Crippen LogP contribution < -0.4 is 5.32 Å². The number of hydrogen-bond donors (Lipinski definition) is 1. The highest BCUT2D eigenvalue weighted by Gasteiger charge is 2.09. The van der Waals surface area contributed by atoms with E-state index in [1.165, 1.54) is 0 Å². The van der Waals surface area contributed by atoms with E-state index in [0.29, 0.717) is 10.9 Å². The van der Waals surface area contributed by atoms with Gasteiger partial charge in [0.25, 0.3) is 0 Å². The molecule has 2 rings (SSSR count). The van der Waals surface area contributed by atoms with Crippen LogP contribution >= 0.6 is 11.6 Å². The topological polar surface area (TPSA) is 38.1 Å². The molecule has 0 saturated heterocycles. The first kappa shape index (κ1) is 12.1. The lowest BCUT2D eigenvalue weighted by molar-refractivity contribution is 0.570. The molecule has 0 bridgehead atoms. The summed E-state index contributed by atoms with van der Waals surface area (Å²) in [4.78, 5) is 4.40. The van der Waals surface area contributed by atoms with Crippen molar-refractivity contribution in [3.05, 3.63) is 41.2 Å². The van der Waals surface area contributed by atoms with E-state index >= 15 is 0 Å². The van der Waals surface area contributed by atoms with Gasteiger partial charge in [-0.1, -0.05) is 30.7 Å². The molecule has 0 atom stereocenters. The normalized spacial score (nSPS) is 10.7. The number of aromatic nitrogens is 1. The number of nitrogens with zero attached hydrogens (tertiary/aromatic N) is 1. The Bertz CT molecular complexity index is 482. The van der Waals surface area contributed by atoms with Crippen molar-refractivity contribution < 1.29 is 4.42 Å². The van der Waals surface area contributed by atoms with Crippen LogP contribution in [0.3, 0.4) is 0 Å². The number of halogens is 1. The van der Waals surface area contributed by atoms with Gasteiger partial charge in [0.05, 0.1) is 16.3 Å². The highest BCUT2D eigenvalue weighted by molar-refractivity contribution is 6.33. The molecule has 0 spiro atoms. The van der Waals surface area contributed by atoms with Crippen LogP contribution in [0.2, 0.25) is 5.02 Å². The zero-order chi connectivity index (χ0) is 12.1. The molecule has 0 aliphatic heterocycles. The van der Waals surface area contributed by atoms with Gasteiger partial charge >= 0.3 is 0 Å². The van der Waals surface area contributed by atoms with Crippen LogP contribution in [0.1, 0.15) is 19.0 Å². The standard InChI is InChI=1S/C13H15ClN2O/c1-2-7-15-8-10-9-17-13(16-10)11-5-3-4-6-12(11)14/h3-6,9,15H,2,7-8H2,1H3. The molecule has 0 saturated carbocycles. The summed E-state index contributed by atoms with van der Waals surface area (Å²) < 4.78 is 5.43. The van der Waals surface area contributed by atoms with Gasteiger partial charge in [0.2, 0.25) is 5.89 Å². The molecule has 17 heavy (non-hydrogen) atoms. The molecule has 0 radical (unpaired) electrons. The fourth-order valence-electron chi connectivity index (χ4n) is 1.54. The molecule has 2 aromatic rings. The van der Waals surface area contributed by atoms with Crippen LogP contribution in [0.15, 0.2) is 34.9 Å². The third kappa shape index (κ3) is 3.08. The third-order valence-corrected chi connectivity index (χ3v) is 2.72. The van der Waals surface area contributed by atoms with Crippen molar-refractivity contribution in [2.75, 3.05) is 6.54 Å². The van der Waals surface area contributed by atoms with E-state index in [0.717, 1.165) is 30.8 Å². The van der Waals surface area contributed by atoms with Gasteiger partial charge < -0.3 is 9.73 Å². The third-order valence-electron chi connectivity index (χ3n) is 2.39. The SMILES string of the molecule is CCCNCc1coc(-c2ccccc2Cl)n1. The quantitative estimate of drug-likeness (QED) is 0.826. The fraction of sp³-hybridized carbons (Fsp3) is 0.308. The summed E-state index contributed by atoms with van der Waals surface area (Å²) in [5.74, 6) is 0.573. The van der Waals surface area contributed by atoms with E-state index in [1.54, 1.807) is 6.26 Å². The highest BCUT2D eigenvalue weighted by atomic mass is 35.5. The summed E-state index contributed by atoms with van der Waals surface area (Å²) in [5.41, 5.74) is 1.73. The maximum atomic E-state index is 6.08. The minimum atomic E-state index is 0.573. The van der Waals surface area contributed by atoms with Crippen molar-refractivity contribution in [3.8, 4) is 11.5 Å². The van der Waals surface area contributed by atoms with Gasteiger partial charge in [0, 0.05) is 6.54 Å². The van der Waals surface area contributed by atoms with Gasteiger partial charge in [-0.05, 0) is 25.1 Å². The van der Waals surface area contributed by atoms with Crippen molar-refractivity contribution in [1.29, 1.82) is 0 Å². The van der Waals surface area contributed by atoms with Gasteiger partial charge in [-0.25, -0.2) is 4.98 Å². The molecule has 1 heterocycles. The second-order valence-electron chi connectivity index (χ2n) is 3.80. The van der Waals surface area contributed by atoms with Crippen molar-refractivity contribution in [1.82, 2.24) is 10.3 Å². The number of hydrogen-bond acceptors (Lipinski definition) is 3. The molecule has 1 aromatic carbocycles. The van der Waals surface area contributed by atoms with Gasteiger partial charge in [-0.15, -0.1) is 0 Å². The Balaban J connectivity index is 2.10. The molecular formula is C13H15ClN2O. The first-order chi connectivity index (χ1) is 8.31. The van der Waals surface area contributed by atoms with Crippen LogP contribution in [-0.2, 0) is 6.54 Å². The van der Waals surface area contributed by atoms with Crippen LogP contribution in [0.25, 0.3) is 11.5 Å². The second-order valence-corrected chi connectivity index (χ2v) is 4.21. The van der Waals surface area contributed by atoms with Gasteiger partial charge in [-0.2, -0.15) is 0 Å². The van der Waals surface area contributed by atoms with E-state index in [9.17, 15) is 0 Å². The van der Waals surface area contributed by atoms with Gasteiger partial charge in [0.15, 0.2) is 0 Å². The maximum Gasteiger partial charge on any atom is 0.227 e. The molecule has 90 valence electrons. The summed E-state index contributed by atoms with van der Waals surface area (Å²) >= 11 is 6.08. The predicted octanol–water partition coefficient (Wildman–Crippen LogP) is 3.49. The Kier molecular flexibility index (Phi) is 4.18. The molecule has 0 aliphatic carbocycles. The lowest BCUT2D eigenvalue weighted by Gasteiger charge is -1.98. The summed E-state index contributed by atoms with van der Waals surface area (Å²) in [5, 5.41) is 3.93. The molecule has 3 nitrogen and oxygen atoms in total. The van der Waals surface area contributed by atoms with Crippen molar-refractivity contribution >= 4 is 11.6 Å². The van der Waals surface area contributed by atoms with Crippen LogP contribution in [0.4, 0.5) is 0 Å². The lowest BCUT2D eigenvalue weighted by Crippen LogP contribution is -2.13. The molecule has 0 fully saturated rings. The lowest BCUT2D eigenvalue weighted by atomic mass is 10.2. The Morgan fingerprint density at radius 2 is 2.18 bits per heavy atom. The first-order valence-corrected chi connectivity index (χ1v) is 6.09. The van der Waals surface area contributed by atoms with Gasteiger partial charge in [-0.3, -0.25) is 0 Å². The number of nitrogens with one attached hydrogen (secondary N) is 1. The van der Waals surface area contributed by atoms with Gasteiger partial charge in [0.1, 0.15) is 6.26 Å². The second kappa shape index (κ2) is 5.84. The van der Waals surface area contributed by atoms with E-state index in [2.05, 4.69) is 17.2 Å². The van der Waals surface area contributed by atoms with E-state index < -0.39 is 0 Å². The molecule has 0 aliphatic rings. The summed E-state index contributed by atoms with van der Waals surface area (Å²) in [7, 11) is 0. The monoisotopic (exact) mass is 250 g/mol. The van der Waals surface area contributed by atoms with Crippen LogP contribution in [0.5, 0.6) is 0 Å². The average Bonchev–Trinajstić information content (AvgIpc) is 2.79. The van der Waals surface area contributed by atoms with Crippen LogP contribution in [0, 0.1) is 0 Å². The predicted molar refractivity (Wildman–Crippen MR) is 68.9 cm³/mol. The Morgan fingerprint density at radius 1 is 1.35 bits per heavy atom. The molecular weight excluding hydrogens is 236 g/mol. The molecule has 1 N–H and O–H groups in total. The largest absolute Gasteiger partial charge is 0.444 e. The van der Waals surface area contributed by atoms with Crippen LogP contribution in [-0.4, -0.2) is 11.5 Å². The summed E-state index contributed by atoms with van der Waals surface area (Å²) in [6.07, 6.45) is 2.77. The minimum Gasteiger partial charge on any atom is -0.444 e. The minimum absolute atomic E-state index is 0.573. The Hall–Kier alpha value is -1.32. The zero-order valence-electron chi connectivity index (χ0n) is 9.74. The van der Waals surface area contributed by atoms with Crippen molar-refractivity contribution in [2.45, 2.75) is 19.9 Å². The molecule has 0 unspecified atom stereocenters. The van der Waals surface area contributed by atoms with E-state index in [4.69, 9.17) is 16.0 Å². The Morgan fingerprint density at radius 3 is 2.94 bits per heavy atom. The first-order valence-electron chi connectivity index (χ1n) is 5.71. The maximum absolute atomic E-state index is 6.08. The number of rotatable bonds is 5. The Labute approximate surface area is 106 Å². The van der Waals surface area contributed by atoms with E-state index in [-0.39, 0.29) is 0 Å². The van der Waals surface area contributed by atoms with Crippen molar-refractivity contribution in [3.63, 3.8) is 0 Å².